The first-order chi connectivity index (χ1) is 12.2. The SMILES string of the molecule is Cl.Cl.NC[C@H]1CCC[C@H]1C(=O)Nc1cccc(NC(=O)c2ccncc2)c1. The van der Waals surface area contributed by atoms with E-state index in [-0.39, 0.29) is 48.5 Å². The number of anilines is 2. The smallest absolute Gasteiger partial charge is 0.255 e. The van der Waals surface area contributed by atoms with Gasteiger partial charge in [-0.05, 0) is 55.6 Å². The Kier molecular flexibility index (Phi) is 9.21. The maximum atomic E-state index is 12.5. The molecule has 2 amide bonds. The zero-order valence-corrected chi connectivity index (χ0v) is 16.4. The average Bonchev–Trinajstić information content (AvgIpc) is 3.11. The number of amides is 2. The van der Waals surface area contributed by atoms with Crippen LogP contribution in [0, 0.1) is 11.8 Å². The van der Waals surface area contributed by atoms with Gasteiger partial charge in [-0.2, -0.15) is 0 Å². The Labute approximate surface area is 171 Å². The first-order valence-corrected chi connectivity index (χ1v) is 8.50. The molecule has 4 N–H and O–H groups in total. The van der Waals surface area contributed by atoms with Crippen molar-refractivity contribution in [3.63, 3.8) is 0 Å². The fraction of sp³-hybridized carbons (Fsp3) is 0.316. The van der Waals surface area contributed by atoms with Crippen LogP contribution in [0.4, 0.5) is 11.4 Å². The Morgan fingerprint density at radius 2 is 1.70 bits per heavy atom. The van der Waals surface area contributed by atoms with Gasteiger partial charge in [0, 0.05) is 35.2 Å². The Bertz CT molecular complexity index is 758. The molecule has 0 radical (unpaired) electrons. The molecule has 1 aromatic heterocycles. The maximum absolute atomic E-state index is 12.5. The van der Waals surface area contributed by atoms with E-state index in [1.54, 1.807) is 42.7 Å². The zero-order valence-electron chi connectivity index (χ0n) is 14.8. The number of halogens is 2. The molecule has 0 spiro atoms. The Hall–Kier alpha value is -2.15. The molecular weight excluding hydrogens is 387 g/mol. The monoisotopic (exact) mass is 410 g/mol. The zero-order chi connectivity index (χ0) is 17.6. The number of aromatic nitrogens is 1. The van der Waals surface area contributed by atoms with Crippen molar-refractivity contribution in [1.29, 1.82) is 0 Å². The number of nitrogens with two attached hydrogens (primary N) is 1. The number of carbonyl (C=O) groups excluding carboxylic acids is 2. The van der Waals surface area contributed by atoms with Crippen molar-refractivity contribution in [3.05, 3.63) is 54.4 Å². The summed E-state index contributed by atoms with van der Waals surface area (Å²) in [6, 6.07) is 10.4. The van der Waals surface area contributed by atoms with Crippen LogP contribution in [-0.2, 0) is 4.79 Å². The quantitative estimate of drug-likeness (QED) is 0.702. The van der Waals surface area contributed by atoms with Gasteiger partial charge < -0.3 is 16.4 Å². The highest BCUT2D eigenvalue weighted by atomic mass is 35.5. The molecule has 27 heavy (non-hydrogen) atoms. The summed E-state index contributed by atoms with van der Waals surface area (Å²) in [5.74, 6) is 0.0186. The molecule has 3 rings (SSSR count). The van der Waals surface area contributed by atoms with Crippen molar-refractivity contribution in [2.24, 2.45) is 17.6 Å². The van der Waals surface area contributed by atoms with Crippen LogP contribution in [0.25, 0.3) is 0 Å². The van der Waals surface area contributed by atoms with Crippen molar-refractivity contribution in [2.75, 3.05) is 17.2 Å². The van der Waals surface area contributed by atoms with Crippen molar-refractivity contribution in [2.45, 2.75) is 19.3 Å². The molecule has 0 unspecified atom stereocenters. The molecule has 0 saturated heterocycles. The average molecular weight is 411 g/mol. The number of nitrogens with one attached hydrogen (secondary N) is 2. The number of rotatable bonds is 5. The van der Waals surface area contributed by atoms with E-state index >= 15 is 0 Å². The highest BCUT2D eigenvalue weighted by Gasteiger charge is 2.31. The van der Waals surface area contributed by atoms with E-state index < -0.39 is 0 Å². The van der Waals surface area contributed by atoms with Crippen molar-refractivity contribution >= 4 is 48.0 Å². The first-order valence-electron chi connectivity index (χ1n) is 8.50. The van der Waals surface area contributed by atoms with Crippen molar-refractivity contribution in [1.82, 2.24) is 4.98 Å². The normalized spacial score (nSPS) is 18.0. The van der Waals surface area contributed by atoms with Gasteiger partial charge in [0.05, 0.1) is 0 Å². The van der Waals surface area contributed by atoms with E-state index in [1.807, 2.05) is 6.07 Å². The lowest BCUT2D eigenvalue weighted by Gasteiger charge is -2.17. The fourth-order valence-electron chi connectivity index (χ4n) is 3.28. The molecule has 6 nitrogen and oxygen atoms in total. The largest absolute Gasteiger partial charge is 0.330 e. The van der Waals surface area contributed by atoms with Crippen LogP contribution in [0.1, 0.15) is 29.6 Å². The summed E-state index contributed by atoms with van der Waals surface area (Å²) < 4.78 is 0. The molecule has 2 aromatic rings. The lowest BCUT2D eigenvalue weighted by atomic mass is 9.95. The lowest BCUT2D eigenvalue weighted by Crippen LogP contribution is -2.29. The topological polar surface area (TPSA) is 97.1 Å². The summed E-state index contributed by atoms with van der Waals surface area (Å²) in [7, 11) is 0. The molecule has 1 fully saturated rings. The number of nitrogens with zero attached hydrogens (tertiary/aromatic N) is 1. The van der Waals surface area contributed by atoms with Gasteiger partial charge in [-0.25, -0.2) is 0 Å². The van der Waals surface area contributed by atoms with Crippen LogP contribution in [0.3, 0.4) is 0 Å². The fourth-order valence-corrected chi connectivity index (χ4v) is 3.28. The van der Waals surface area contributed by atoms with E-state index in [2.05, 4.69) is 15.6 Å². The maximum Gasteiger partial charge on any atom is 0.255 e. The summed E-state index contributed by atoms with van der Waals surface area (Å²) >= 11 is 0. The van der Waals surface area contributed by atoms with Gasteiger partial charge in [0.15, 0.2) is 0 Å². The molecule has 1 heterocycles. The number of carbonyl (C=O) groups is 2. The van der Waals surface area contributed by atoms with E-state index in [9.17, 15) is 9.59 Å². The van der Waals surface area contributed by atoms with Crippen LogP contribution in [-0.4, -0.2) is 23.3 Å². The second-order valence-corrected chi connectivity index (χ2v) is 6.29. The van der Waals surface area contributed by atoms with Crippen LogP contribution in [0.2, 0.25) is 0 Å². The second-order valence-electron chi connectivity index (χ2n) is 6.29. The standard InChI is InChI=1S/C19H22N4O2.2ClH/c20-12-14-3-1-6-17(14)19(25)23-16-5-2-4-15(11-16)22-18(24)13-7-9-21-10-8-13;;/h2,4-5,7-11,14,17H,1,3,6,12,20H2,(H,22,24)(H,23,25);2*1H/t14-,17-;;/m1../s1. The molecule has 1 aliphatic carbocycles. The number of hydrogen-bond acceptors (Lipinski definition) is 4. The molecule has 0 bridgehead atoms. The molecule has 1 aromatic carbocycles. The van der Waals surface area contributed by atoms with Crippen LogP contribution < -0.4 is 16.4 Å². The van der Waals surface area contributed by atoms with E-state index in [0.717, 1.165) is 19.3 Å². The first kappa shape index (κ1) is 22.9. The van der Waals surface area contributed by atoms with Gasteiger partial charge in [-0.1, -0.05) is 12.5 Å². The highest BCUT2D eigenvalue weighted by molar-refractivity contribution is 6.04. The minimum absolute atomic E-state index is 0. The highest BCUT2D eigenvalue weighted by Crippen LogP contribution is 2.32. The Balaban J connectivity index is 0.00000182. The van der Waals surface area contributed by atoms with E-state index in [4.69, 9.17) is 5.73 Å². The summed E-state index contributed by atoms with van der Waals surface area (Å²) in [6.07, 6.45) is 6.08. The minimum atomic E-state index is -0.218. The predicted molar refractivity (Wildman–Crippen MR) is 112 cm³/mol. The molecule has 1 saturated carbocycles. The number of pyridine rings is 1. The second kappa shape index (κ2) is 10.9. The third-order valence-electron chi connectivity index (χ3n) is 4.63. The number of hydrogen-bond donors (Lipinski definition) is 3. The predicted octanol–water partition coefficient (Wildman–Crippen LogP) is 3.49. The molecule has 1 aliphatic rings. The van der Waals surface area contributed by atoms with Gasteiger partial charge in [0.1, 0.15) is 0 Å². The minimum Gasteiger partial charge on any atom is -0.330 e. The molecule has 2 atom stereocenters. The Morgan fingerprint density at radius 3 is 2.37 bits per heavy atom. The molecular formula is C19H24Cl2N4O2. The van der Waals surface area contributed by atoms with Gasteiger partial charge >= 0.3 is 0 Å². The third kappa shape index (κ3) is 5.92. The van der Waals surface area contributed by atoms with Crippen LogP contribution in [0.15, 0.2) is 48.8 Å². The van der Waals surface area contributed by atoms with Crippen LogP contribution in [0.5, 0.6) is 0 Å². The van der Waals surface area contributed by atoms with Crippen molar-refractivity contribution in [3.8, 4) is 0 Å². The van der Waals surface area contributed by atoms with Gasteiger partial charge in [0.2, 0.25) is 5.91 Å². The summed E-state index contributed by atoms with van der Waals surface area (Å²) in [6.45, 7) is 0.542. The van der Waals surface area contributed by atoms with Gasteiger partial charge in [-0.3, -0.25) is 14.6 Å². The van der Waals surface area contributed by atoms with Crippen LogP contribution >= 0.6 is 24.8 Å². The number of benzene rings is 1. The summed E-state index contributed by atoms with van der Waals surface area (Å²) in [4.78, 5) is 28.6. The Morgan fingerprint density at radius 1 is 1.04 bits per heavy atom. The lowest BCUT2D eigenvalue weighted by molar-refractivity contribution is -0.120. The van der Waals surface area contributed by atoms with Gasteiger partial charge in [0.25, 0.3) is 5.91 Å². The molecule has 146 valence electrons. The molecule has 0 aliphatic heterocycles. The summed E-state index contributed by atoms with van der Waals surface area (Å²) in [5, 5.41) is 5.77. The third-order valence-corrected chi connectivity index (χ3v) is 4.63. The van der Waals surface area contributed by atoms with E-state index in [1.165, 1.54) is 0 Å². The molecule has 8 heteroatoms. The summed E-state index contributed by atoms with van der Waals surface area (Å²) in [5.41, 5.74) is 7.58. The van der Waals surface area contributed by atoms with E-state index in [0.29, 0.717) is 23.5 Å². The van der Waals surface area contributed by atoms with Crippen molar-refractivity contribution < 1.29 is 9.59 Å². The van der Waals surface area contributed by atoms with Gasteiger partial charge in [-0.15, -0.1) is 24.8 Å².